The summed E-state index contributed by atoms with van der Waals surface area (Å²) < 4.78 is 0. The summed E-state index contributed by atoms with van der Waals surface area (Å²) in [5.74, 6) is -0.182. The topological polar surface area (TPSA) is 40.6 Å². The molecule has 0 radical (unpaired) electrons. The number of rotatable bonds is 3. The molecule has 2 amide bonds. The Balaban J connectivity index is 1.59. The van der Waals surface area contributed by atoms with E-state index in [2.05, 4.69) is 42.2 Å². The summed E-state index contributed by atoms with van der Waals surface area (Å²) in [6.45, 7) is 5.55. The van der Waals surface area contributed by atoms with Crippen molar-refractivity contribution in [1.82, 2.24) is 9.80 Å². The molecule has 4 nitrogen and oxygen atoms in total. The molecule has 0 atom stereocenters. The normalized spacial score (nSPS) is 20.1. The number of fused-ring (bicyclic) bond motifs is 1. The molecule has 1 fully saturated rings. The number of aryl methyl sites for hydroxylation is 2. The standard InChI is InChI=1S/C28H32N2O2/c1-19-13-14-24(20(2)17-19)25-26(29-16-15-21-9-7-8-10-22(21)18-29)28(32)30(27(25)31)23-11-5-3-4-6-12-23/h7-10,13-14,17,23H,3-6,11-12,15-16,18H2,1-2H3. The number of carbonyl (C=O) groups excluding carboxylic acids is 2. The van der Waals surface area contributed by atoms with Crippen LogP contribution in [-0.4, -0.2) is 34.2 Å². The molecule has 4 heteroatoms. The van der Waals surface area contributed by atoms with Crippen LogP contribution < -0.4 is 0 Å². The fraction of sp³-hybridized carbons (Fsp3) is 0.429. The molecule has 2 aromatic rings. The van der Waals surface area contributed by atoms with Gasteiger partial charge in [0.2, 0.25) is 0 Å². The first kappa shape index (κ1) is 21.0. The summed E-state index contributed by atoms with van der Waals surface area (Å²) >= 11 is 0. The van der Waals surface area contributed by atoms with Crippen molar-refractivity contribution in [2.45, 2.75) is 71.4 Å². The Hall–Kier alpha value is -2.88. The lowest BCUT2D eigenvalue weighted by Crippen LogP contribution is -2.43. The van der Waals surface area contributed by atoms with Gasteiger partial charge in [0.25, 0.3) is 11.8 Å². The SMILES string of the molecule is Cc1ccc(C2=C(N3CCc4ccccc4C3)C(=O)N(C3CCCCCC3)C2=O)c(C)c1. The summed E-state index contributed by atoms with van der Waals surface area (Å²) in [4.78, 5) is 31.6. The maximum atomic E-state index is 13.9. The first-order valence-corrected chi connectivity index (χ1v) is 12.1. The molecule has 2 aromatic carbocycles. The van der Waals surface area contributed by atoms with E-state index in [0.717, 1.165) is 55.3 Å². The quantitative estimate of drug-likeness (QED) is 0.501. The highest BCUT2D eigenvalue weighted by molar-refractivity contribution is 6.36. The molecule has 166 valence electrons. The van der Waals surface area contributed by atoms with Crippen LogP contribution in [0, 0.1) is 13.8 Å². The number of imide groups is 1. The van der Waals surface area contributed by atoms with Gasteiger partial charge in [-0.2, -0.15) is 0 Å². The first-order valence-electron chi connectivity index (χ1n) is 12.1. The van der Waals surface area contributed by atoms with E-state index in [9.17, 15) is 9.59 Å². The number of carbonyl (C=O) groups is 2. The Morgan fingerprint density at radius 1 is 0.844 bits per heavy atom. The molecule has 0 bridgehead atoms. The zero-order chi connectivity index (χ0) is 22.2. The lowest BCUT2D eigenvalue weighted by Gasteiger charge is -2.32. The first-order chi connectivity index (χ1) is 15.5. The summed E-state index contributed by atoms with van der Waals surface area (Å²) in [7, 11) is 0. The smallest absolute Gasteiger partial charge is 0.278 e. The van der Waals surface area contributed by atoms with Crippen molar-refractivity contribution in [2.24, 2.45) is 0 Å². The third-order valence-electron chi connectivity index (χ3n) is 7.38. The predicted molar refractivity (Wildman–Crippen MR) is 127 cm³/mol. The Labute approximate surface area is 190 Å². The van der Waals surface area contributed by atoms with Gasteiger partial charge in [0, 0.05) is 19.1 Å². The van der Waals surface area contributed by atoms with E-state index in [1.54, 1.807) is 4.90 Å². The van der Waals surface area contributed by atoms with Crippen molar-refractivity contribution >= 4 is 17.4 Å². The van der Waals surface area contributed by atoms with Crippen LogP contribution in [0.5, 0.6) is 0 Å². The maximum Gasteiger partial charge on any atom is 0.278 e. The van der Waals surface area contributed by atoms with E-state index in [4.69, 9.17) is 0 Å². The third kappa shape index (κ3) is 3.66. The molecular weight excluding hydrogens is 396 g/mol. The van der Waals surface area contributed by atoms with Gasteiger partial charge >= 0.3 is 0 Å². The van der Waals surface area contributed by atoms with Crippen molar-refractivity contribution in [2.75, 3.05) is 6.54 Å². The molecule has 0 spiro atoms. The Morgan fingerprint density at radius 2 is 1.56 bits per heavy atom. The molecule has 1 saturated carbocycles. The van der Waals surface area contributed by atoms with E-state index >= 15 is 0 Å². The van der Waals surface area contributed by atoms with Gasteiger partial charge in [-0.1, -0.05) is 73.7 Å². The van der Waals surface area contributed by atoms with Crippen LogP contribution in [0.15, 0.2) is 48.2 Å². The fourth-order valence-corrected chi connectivity index (χ4v) is 5.70. The second-order valence-corrected chi connectivity index (χ2v) is 9.61. The molecule has 32 heavy (non-hydrogen) atoms. The van der Waals surface area contributed by atoms with Crippen molar-refractivity contribution in [1.29, 1.82) is 0 Å². The predicted octanol–water partition coefficient (Wildman–Crippen LogP) is 5.16. The third-order valence-corrected chi connectivity index (χ3v) is 7.38. The molecule has 1 aliphatic carbocycles. The van der Waals surface area contributed by atoms with Gasteiger partial charge in [-0.15, -0.1) is 0 Å². The van der Waals surface area contributed by atoms with Crippen LogP contribution in [0.3, 0.4) is 0 Å². The number of hydrogen-bond donors (Lipinski definition) is 0. The summed E-state index contributed by atoms with van der Waals surface area (Å²) in [5, 5.41) is 0. The highest BCUT2D eigenvalue weighted by Crippen LogP contribution is 2.38. The lowest BCUT2D eigenvalue weighted by atomic mass is 9.95. The van der Waals surface area contributed by atoms with Crippen molar-refractivity contribution in [3.63, 3.8) is 0 Å². The Kier molecular flexibility index (Phi) is 5.62. The molecule has 0 aromatic heterocycles. The van der Waals surface area contributed by atoms with Gasteiger partial charge in [-0.3, -0.25) is 14.5 Å². The molecule has 2 heterocycles. The number of amides is 2. The summed E-state index contributed by atoms with van der Waals surface area (Å²) in [6, 6.07) is 14.7. The van der Waals surface area contributed by atoms with Crippen molar-refractivity contribution in [3.8, 4) is 0 Å². The minimum absolute atomic E-state index is 0.0211. The average molecular weight is 429 g/mol. The van der Waals surface area contributed by atoms with Crippen molar-refractivity contribution < 1.29 is 9.59 Å². The molecule has 0 unspecified atom stereocenters. The lowest BCUT2D eigenvalue weighted by molar-refractivity contribution is -0.140. The molecular formula is C28H32N2O2. The van der Waals surface area contributed by atoms with E-state index in [-0.39, 0.29) is 17.9 Å². The van der Waals surface area contributed by atoms with E-state index in [1.807, 2.05) is 19.1 Å². The number of benzene rings is 2. The summed E-state index contributed by atoms with van der Waals surface area (Å²) in [6.07, 6.45) is 7.31. The van der Waals surface area contributed by atoms with Gasteiger partial charge in [-0.05, 0) is 55.4 Å². The van der Waals surface area contributed by atoms with E-state index in [1.165, 1.54) is 24.0 Å². The zero-order valence-electron chi connectivity index (χ0n) is 19.2. The van der Waals surface area contributed by atoms with Gasteiger partial charge in [-0.25, -0.2) is 0 Å². The van der Waals surface area contributed by atoms with Crippen LogP contribution in [0.1, 0.15) is 66.3 Å². The van der Waals surface area contributed by atoms with Gasteiger partial charge in [0.05, 0.1) is 5.57 Å². The van der Waals surface area contributed by atoms with Crippen LogP contribution in [0.4, 0.5) is 0 Å². The number of hydrogen-bond acceptors (Lipinski definition) is 3. The van der Waals surface area contributed by atoms with E-state index < -0.39 is 0 Å². The second-order valence-electron chi connectivity index (χ2n) is 9.61. The minimum Gasteiger partial charge on any atom is -0.362 e. The largest absolute Gasteiger partial charge is 0.362 e. The van der Waals surface area contributed by atoms with Crippen molar-refractivity contribution in [3.05, 3.63) is 76.0 Å². The van der Waals surface area contributed by atoms with Gasteiger partial charge in [0.15, 0.2) is 0 Å². The number of nitrogens with zero attached hydrogens (tertiary/aromatic N) is 2. The highest BCUT2D eigenvalue weighted by Gasteiger charge is 2.45. The van der Waals surface area contributed by atoms with Crippen LogP contribution in [0.2, 0.25) is 0 Å². The van der Waals surface area contributed by atoms with Gasteiger partial charge in [0.1, 0.15) is 5.70 Å². The molecule has 3 aliphatic rings. The molecule has 2 aliphatic heterocycles. The van der Waals surface area contributed by atoms with Crippen LogP contribution in [-0.2, 0) is 22.6 Å². The second kappa shape index (κ2) is 8.57. The van der Waals surface area contributed by atoms with Crippen LogP contribution in [0.25, 0.3) is 5.57 Å². The molecule has 5 rings (SSSR count). The fourth-order valence-electron chi connectivity index (χ4n) is 5.70. The molecule has 0 N–H and O–H groups in total. The van der Waals surface area contributed by atoms with Crippen LogP contribution >= 0.6 is 0 Å². The highest BCUT2D eigenvalue weighted by atomic mass is 16.2. The van der Waals surface area contributed by atoms with Gasteiger partial charge < -0.3 is 4.90 Å². The van der Waals surface area contributed by atoms with E-state index in [0.29, 0.717) is 17.8 Å². The average Bonchev–Trinajstić information content (AvgIpc) is 2.94. The Bertz CT molecular complexity index is 1090. The molecule has 0 saturated heterocycles. The summed E-state index contributed by atoms with van der Waals surface area (Å²) in [5.41, 5.74) is 6.93. The Morgan fingerprint density at radius 3 is 2.28 bits per heavy atom. The zero-order valence-corrected chi connectivity index (χ0v) is 19.2. The monoisotopic (exact) mass is 428 g/mol. The minimum atomic E-state index is -0.0947. The maximum absolute atomic E-state index is 13.9.